The first-order valence-electron chi connectivity index (χ1n) is 4.64. The summed E-state index contributed by atoms with van der Waals surface area (Å²) >= 11 is 1.40. The van der Waals surface area contributed by atoms with E-state index in [9.17, 15) is 9.59 Å². The zero-order valence-electron chi connectivity index (χ0n) is 8.34. The van der Waals surface area contributed by atoms with Gasteiger partial charge in [-0.15, -0.1) is 11.3 Å². The summed E-state index contributed by atoms with van der Waals surface area (Å²) < 4.78 is 0. The number of amides is 1. The van der Waals surface area contributed by atoms with E-state index in [1.165, 1.54) is 11.3 Å². The average Bonchev–Trinajstić information content (AvgIpc) is 2.77. The lowest BCUT2D eigenvalue weighted by Gasteiger charge is -1.98. The normalized spacial score (nSPS) is 10.0. The molecule has 0 aliphatic heterocycles. The van der Waals surface area contributed by atoms with Crippen molar-refractivity contribution in [1.82, 2.24) is 0 Å². The maximum atomic E-state index is 10.9. The van der Waals surface area contributed by atoms with Crippen LogP contribution in [0.3, 0.4) is 0 Å². The zero-order valence-corrected chi connectivity index (χ0v) is 9.16. The molecule has 2 N–H and O–H groups in total. The first kappa shape index (κ1) is 10.6. The molecule has 0 spiro atoms. The lowest BCUT2D eigenvalue weighted by Crippen LogP contribution is -2.10. The first-order valence-corrected chi connectivity index (χ1v) is 5.52. The molecule has 1 heterocycles. The number of hydrogen-bond donors (Lipinski definition) is 1. The Morgan fingerprint density at radius 2 is 1.88 bits per heavy atom. The number of rotatable bonds is 3. The van der Waals surface area contributed by atoms with Crippen LogP contribution in [-0.4, -0.2) is 12.2 Å². The SMILES string of the molecule is NC(=O)c1ccc(-c2csc(C=O)c2)cc1. The topological polar surface area (TPSA) is 60.2 Å². The summed E-state index contributed by atoms with van der Waals surface area (Å²) in [5.74, 6) is -0.439. The molecule has 0 radical (unpaired) electrons. The van der Waals surface area contributed by atoms with Crippen LogP contribution in [0.4, 0.5) is 0 Å². The van der Waals surface area contributed by atoms with Crippen LogP contribution in [0.1, 0.15) is 20.0 Å². The highest BCUT2D eigenvalue weighted by molar-refractivity contribution is 7.12. The van der Waals surface area contributed by atoms with Crippen molar-refractivity contribution in [3.05, 3.63) is 46.2 Å². The molecule has 0 aliphatic carbocycles. The molecule has 2 aromatic rings. The van der Waals surface area contributed by atoms with Crippen molar-refractivity contribution < 1.29 is 9.59 Å². The van der Waals surface area contributed by atoms with Crippen LogP contribution >= 0.6 is 11.3 Å². The Morgan fingerprint density at radius 3 is 2.38 bits per heavy atom. The molecule has 1 aromatic carbocycles. The van der Waals surface area contributed by atoms with Crippen molar-refractivity contribution in [2.24, 2.45) is 5.73 Å². The lowest BCUT2D eigenvalue weighted by atomic mass is 10.1. The number of benzene rings is 1. The van der Waals surface area contributed by atoms with E-state index in [2.05, 4.69) is 0 Å². The maximum absolute atomic E-state index is 10.9. The molecule has 0 bridgehead atoms. The second-order valence-corrected chi connectivity index (χ2v) is 4.24. The number of thiophene rings is 1. The van der Waals surface area contributed by atoms with E-state index < -0.39 is 5.91 Å². The smallest absolute Gasteiger partial charge is 0.248 e. The highest BCUT2D eigenvalue weighted by Crippen LogP contribution is 2.24. The molecule has 4 heteroatoms. The Labute approximate surface area is 96.5 Å². The first-order chi connectivity index (χ1) is 7.70. The molecule has 0 atom stereocenters. The van der Waals surface area contributed by atoms with Gasteiger partial charge in [0.2, 0.25) is 5.91 Å². The number of carbonyl (C=O) groups is 2. The van der Waals surface area contributed by atoms with Gasteiger partial charge >= 0.3 is 0 Å². The van der Waals surface area contributed by atoms with E-state index in [-0.39, 0.29) is 0 Å². The summed E-state index contributed by atoms with van der Waals surface area (Å²) in [6, 6.07) is 8.80. The second-order valence-electron chi connectivity index (χ2n) is 3.30. The Kier molecular flexibility index (Phi) is 2.83. The molecule has 1 amide bonds. The molecule has 0 fully saturated rings. The Hall–Kier alpha value is -1.94. The molecule has 3 nitrogen and oxygen atoms in total. The minimum absolute atomic E-state index is 0.439. The van der Waals surface area contributed by atoms with Gasteiger partial charge in [0.05, 0.1) is 4.88 Å². The van der Waals surface area contributed by atoms with Crippen LogP contribution in [0.15, 0.2) is 35.7 Å². The minimum Gasteiger partial charge on any atom is -0.366 e. The fourth-order valence-corrected chi connectivity index (χ4v) is 2.11. The summed E-state index contributed by atoms with van der Waals surface area (Å²) in [6.45, 7) is 0. The van der Waals surface area contributed by atoms with E-state index in [4.69, 9.17) is 5.73 Å². The van der Waals surface area contributed by atoms with Crippen LogP contribution in [0.5, 0.6) is 0 Å². The van der Waals surface area contributed by atoms with Crippen molar-refractivity contribution >= 4 is 23.5 Å². The number of nitrogens with two attached hydrogens (primary N) is 1. The summed E-state index contributed by atoms with van der Waals surface area (Å²) in [5.41, 5.74) is 7.57. The molecule has 2 rings (SSSR count). The number of primary amides is 1. The van der Waals surface area contributed by atoms with Gasteiger partial charge in [-0.25, -0.2) is 0 Å². The van der Waals surface area contributed by atoms with E-state index in [0.29, 0.717) is 10.4 Å². The predicted molar refractivity (Wildman–Crippen MR) is 63.7 cm³/mol. The molecular weight excluding hydrogens is 222 g/mol. The largest absolute Gasteiger partial charge is 0.366 e. The van der Waals surface area contributed by atoms with Gasteiger partial charge in [-0.3, -0.25) is 9.59 Å². The van der Waals surface area contributed by atoms with E-state index in [0.717, 1.165) is 17.4 Å². The monoisotopic (exact) mass is 231 g/mol. The standard InChI is InChI=1S/C12H9NO2S/c13-12(15)9-3-1-8(2-4-9)10-5-11(6-14)16-7-10/h1-7H,(H2,13,15). The number of hydrogen-bond acceptors (Lipinski definition) is 3. The van der Waals surface area contributed by atoms with Crippen molar-refractivity contribution in [2.45, 2.75) is 0 Å². The van der Waals surface area contributed by atoms with Crippen molar-refractivity contribution in [2.75, 3.05) is 0 Å². The van der Waals surface area contributed by atoms with Crippen molar-refractivity contribution in [3.8, 4) is 11.1 Å². The fourth-order valence-electron chi connectivity index (χ4n) is 1.39. The van der Waals surface area contributed by atoms with Crippen LogP contribution in [-0.2, 0) is 0 Å². The number of aldehydes is 1. The van der Waals surface area contributed by atoms with Gasteiger partial charge in [0, 0.05) is 5.56 Å². The molecule has 0 saturated carbocycles. The molecular formula is C12H9NO2S. The van der Waals surface area contributed by atoms with Crippen molar-refractivity contribution in [3.63, 3.8) is 0 Å². The minimum atomic E-state index is -0.439. The number of carbonyl (C=O) groups excluding carboxylic acids is 2. The fraction of sp³-hybridized carbons (Fsp3) is 0. The van der Waals surface area contributed by atoms with E-state index >= 15 is 0 Å². The third-order valence-electron chi connectivity index (χ3n) is 2.24. The molecule has 0 aliphatic rings. The Morgan fingerprint density at radius 1 is 1.19 bits per heavy atom. The highest BCUT2D eigenvalue weighted by Gasteiger charge is 2.03. The van der Waals surface area contributed by atoms with Gasteiger partial charge in [-0.05, 0) is 34.7 Å². The molecule has 0 unspecified atom stereocenters. The Bertz CT molecular complexity index is 528. The predicted octanol–water partition coefficient (Wildman–Crippen LogP) is 2.33. The van der Waals surface area contributed by atoms with Crippen LogP contribution < -0.4 is 5.73 Å². The second kappa shape index (κ2) is 4.28. The van der Waals surface area contributed by atoms with Gasteiger partial charge in [0.1, 0.15) is 0 Å². The van der Waals surface area contributed by atoms with Gasteiger partial charge < -0.3 is 5.73 Å². The molecule has 80 valence electrons. The van der Waals surface area contributed by atoms with Gasteiger partial charge in [0.25, 0.3) is 0 Å². The zero-order chi connectivity index (χ0) is 11.5. The third-order valence-corrected chi connectivity index (χ3v) is 3.10. The Balaban J connectivity index is 2.34. The highest BCUT2D eigenvalue weighted by atomic mass is 32.1. The van der Waals surface area contributed by atoms with Gasteiger partial charge in [0.15, 0.2) is 6.29 Å². The third kappa shape index (κ3) is 2.01. The van der Waals surface area contributed by atoms with Gasteiger partial charge in [-0.2, -0.15) is 0 Å². The molecule has 0 saturated heterocycles. The summed E-state index contributed by atoms with van der Waals surface area (Å²) in [5, 5.41) is 1.91. The summed E-state index contributed by atoms with van der Waals surface area (Å²) in [7, 11) is 0. The van der Waals surface area contributed by atoms with Crippen molar-refractivity contribution in [1.29, 1.82) is 0 Å². The van der Waals surface area contributed by atoms with E-state index in [1.807, 2.05) is 23.6 Å². The maximum Gasteiger partial charge on any atom is 0.248 e. The van der Waals surface area contributed by atoms with E-state index in [1.54, 1.807) is 12.1 Å². The average molecular weight is 231 g/mol. The summed E-state index contributed by atoms with van der Waals surface area (Å²) in [6.07, 6.45) is 0.825. The van der Waals surface area contributed by atoms with Crippen LogP contribution in [0, 0.1) is 0 Å². The molecule has 16 heavy (non-hydrogen) atoms. The van der Waals surface area contributed by atoms with Gasteiger partial charge in [-0.1, -0.05) is 12.1 Å². The van der Waals surface area contributed by atoms with Crippen LogP contribution in [0.2, 0.25) is 0 Å². The lowest BCUT2D eigenvalue weighted by molar-refractivity contribution is 0.1000. The molecule has 1 aromatic heterocycles. The summed E-state index contributed by atoms with van der Waals surface area (Å²) in [4.78, 5) is 22.1. The quantitative estimate of drug-likeness (QED) is 0.824. The van der Waals surface area contributed by atoms with Crippen LogP contribution in [0.25, 0.3) is 11.1 Å².